The average Bonchev–Trinajstić information content (AvgIpc) is 2.94. The zero-order valence-corrected chi connectivity index (χ0v) is 11.2. The maximum Gasteiger partial charge on any atom is 0.140 e. The van der Waals surface area contributed by atoms with Crippen molar-refractivity contribution >= 4 is 23.1 Å². The Hall–Kier alpha value is -2.16. The average molecular weight is 292 g/mol. The molecule has 2 rings (SSSR count). The van der Waals surface area contributed by atoms with Gasteiger partial charge in [0.15, 0.2) is 0 Å². The Kier molecular flexibility index (Phi) is 4.88. The molecule has 0 fully saturated rings. The quantitative estimate of drug-likeness (QED) is 0.376. The van der Waals surface area contributed by atoms with Gasteiger partial charge in [-0.1, -0.05) is 17.5 Å². The molecule has 0 bridgehead atoms. The van der Waals surface area contributed by atoms with Crippen LogP contribution in [0.15, 0.2) is 41.9 Å². The predicted octanol–water partition coefficient (Wildman–Crippen LogP) is 2.90. The van der Waals surface area contributed by atoms with Crippen LogP contribution in [0, 0.1) is 18.2 Å². The Morgan fingerprint density at radius 2 is 2.40 bits per heavy atom. The van der Waals surface area contributed by atoms with Crippen LogP contribution in [0.5, 0.6) is 0 Å². The molecule has 0 N–H and O–H groups in total. The number of benzene rings is 1. The van der Waals surface area contributed by atoms with Crippen molar-refractivity contribution in [1.29, 1.82) is 0 Å². The van der Waals surface area contributed by atoms with Crippen LogP contribution >= 0.6 is 11.6 Å². The third kappa shape index (κ3) is 3.67. The minimum atomic E-state index is -0.415. The van der Waals surface area contributed by atoms with E-state index in [-0.39, 0.29) is 18.2 Å². The van der Waals surface area contributed by atoms with E-state index in [1.54, 1.807) is 23.3 Å². The predicted molar refractivity (Wildman–Crippen MR) is 75.8 cm³/mol. The van der Waals surface area contributed by atoms with Crippen LogP contribution in [-0.2, 0) is 4.74 Å². The van der Waals surface area contributed by atoms with Gasteiger partial charge in [0.05, 0.1) is 10.7 Å². The fourth-order valence-corrected chi connectivity index (χ4v) is 1.70. The monoisotopic (exact) mass is 291 g/mol. The lowest BCUT2D eigenvalue weighted by atomic mass is 10.3. The SMILES string of the molecule is C#CCOCC(=Nc1ccc(F)cc1Cl)n1ccnc1. The minimum Gasteiger partial charge on any atom is -0.361 e. The number of imidazole rings is 1. The lowest BCUT2D eigenvalue weighted by Crippen LogP contribution is -2.17. The molecule has 102 valence electrons. The summed E-state index contributed by atoms with van der Waals surface area (Å²) in [6, 6.07) is 3.99. The molecule has 0 atom stereocenters. The Morgan fingerprint density at radius 3 is 3.05 bits per heavy atom. The number of hydrogen-bond acceptors (Lipinski definition) is 3. The van der Waals surface area contributed by atoms with Crippen LogP contribution in [0.2, 0.25) is 5.02 Å². The van der Waals surface area contributed by atoms with Crippen molar-refractivity contribution in [2.45, 2.75) is 0 Å². The van der Waals surface area contributed by atoms with Crippen LogP contribution < -0.4 is 0 Å². The normalized spacial score (nSPS) is 11.3. The highest BCUT2D eigenvalue weighted by atomic mass is 35.5. The molecule has 0 spiro atoms. The van der Waals surface area contributed by atoms with Gasteiger partial charge < -0.3 is 4.74 Å². The molecule has 2 aromatic rings. The first kappa shape index (κ1) is 14.3. The first-order valence-corrected chi connectivity index (χ1v) is 6.10. The number of nitrogens with zero attached hydrogens (tertiary/aromatic N) is 3. The lowest BCUT2D eigenvalue weighted by Gasteiger charge is -2.08. The summed E-state index contributed by atoms with van der Waals surface area (Å²) in [4.78, 5) is 8.30. The third-order valence-electron chi connectivity index (χ3n) is 2.38. The zero-order chi connectivity index (χ0) is 14.4. The Balaban J connectivity index is 2.30. The third-order valence-corrected chi connectivity index (χ3v) is 2.68. The van der Waals surface area contributed by atoms with Crippen LogP contribution in [0.1, 0.15) is 0 Å². The highest BCUT2D eigenvalue weighted by Gasteiger charge is 2.06. The molecule has 0 amide bonds. The van der Waals surface area contributed by atoms with E-state index < -0.39 is 5.82 Å². The van der Waals surface area contributed by atoms with Crippen LogP contribution in [0.4, 0.5) is 10.1 Å². The van der Waals surface area contributed by atoms with E-state index in [0.29, 0.717) is 11.5 Å². The van der Waals surface area contributed by atoms with Gasteiger partial charge in [0, 0.05) is 12.4 Å². The molecule has 4 nitrogen and oxygen atoms in total. The van der Waals surface area contributed by atoms with E-state index in [1.807, 2.05) is 0 Å². The second kappa shape index (κ2) is 6.85. The number of ether oxygens (including phenoxy) is 1. The summed E-state index contributed by atoms with van der Waals surface area (Å²) in [6.45, 7) is 0.360. The second-order valence-corrected chi connectivity index (χ2v) is 4.20. The smallest absolute Gasteiger partial charge is 0.140 e. The number of rotatable bonds is 4. The van der Waals surface area contributed by atoms with Gasteiger partial charge in [0.2, 0.25) is 0 Å². The van der Waals surface area contributed by atoms with Gasteiger partial charge >= 0.3 is 0 Å². The molecule has 0 saturated heterocycles. The van der Waals surface area contributed by atoms with Crippen LogP contribution in [0.3, 0.4) is 0 Å². The molecule has 0 unspecified atom stereocenters. The van der Waals surface area contributed by atoms with Gasteiger partial charge in [0.1, 0.15) is 31.2 Å². The number of hydrogen-bond donors (Lipinski definition) is 0. The second-order valence-electron chi connectivity index (χ2n) is 3.79. The standard InChI is InChI=1S/C14H11ClFN3O/c1-2-7-20-9-14(19-6-5-17-10-19)18-13-4-3-11(16)8-12(13)15/h1,3-6,8,10H,7,9H2. The van der Waals surface area contributed by atoms with Crippen molar-refractivity contribution in [1.82, 2.24) is 9.55 Å². The molecule has 1 aromatic carbocycles. The van der Waals surface area contributed by atoms with E-state index >= 15 is 0 Å². The zero-order valence-electron chi connectivity index (χ0n) is 10.5. The molecule has 1 aromatic heterocycles. The summed E-state index contributed by atoms with van der Waals surface area (Å²) >= 11 is 5.95. The van der Waals surface area contributed by atoms with Gasteiger partial charge in [-0.15, -0.1) is 6.42 Å². The fraction of sp³-hybridized carbons (Fsp3) is 0.143. The van der Waals surface area contributed by atoms with Crippen molar-refractivity contribution < 1.29 is 9.13 Å². The molecular weight excluding hydrogens is 281 g/mol. The summed E-state index contributed by atoms with van der Waals surface area (Å²) in [5.41, 5.74) is 0.445. The molecular formula is C14H11ClFN3O. The number of aliphatic imine (C=N–C) groups is 1. The van der Waals surface area contributed by atoms with Gasteiger partial charge in [-0.05, 0) is 18.2 Å². The van der Waals surface area contributed by atoms with E-state index in [1.165, 1.54) is 18.2 Å². The van der Waals surface area contributed by atoms with E-state index in [9.17, 15) is 4.39 Å². The van der Waals surface area contributed by atoms with Gasteiger partial charge in [-0.2, -0.15) is 0 Å². The number of terminal acetylenes is 1. The van der Waals surface area contributed by atoms with Gasteiger partial charge in [-0.25, -0.2) is 14.4 Å². The minimum absolute atomic E-state index is 0.171. The molecule has 0 aliphatic carbocycles. The van der Waals surface area contributed by atoms with E-state index in [4.69, 9.17) is 22.8 Å². The fourth-order valence-electron chi connectivity index (χ4n) is 1.49. The van der Waals surface area contributed by atoms with Crippen LogP contribution in [0.25, 0.3) is 0 Å². The Labute approximate surface area is 120 Å². The van der Waals surface area contributed by atoms with Gasteiger partial charge in [-0.3, -0.25) is 4.57 Å². The summed E-state index contributed by atoms with van der Waals surface area (Å²) in [6.07, 6.45) is 10.0. The highest BCUT2D eigenvalue weighted by molar-refractivity contribution is 6.33. The summed E-state index contributed by atoms with van der Waals surface area (Å²) in [7, 11) is 0. The first-order chi connectivity index (χ1) is 9.70. The molecule has 0 saturated carbocycles. The molecule has 20 heavy (non-hydrogen) atoms. The number of aromatic nitrogens is 2. The first-order valence-electron chi connectivity index (χ1n) is 5.73. The molecule has 0 aliphatic heterocycles. The summed E-state index contributed by atoms with van der Waals surface area (Å²) in [5.74, 6) is 2.51. The molecule has 0 radical (unpaired) electrons. The highest BCUT2D eigenvalue weighted by Crippen LogP contribution is 2.25. The van der Waals surface area contributed by atoms with Gasteiger partial charge in [0.25, 0.3) is 0 Å². The largest absolute Gasteiger partial charge is 0.361 e. The molecule has 1 heterocycles. The van der Waals surface area contributed by atoms with E-state index in [0.717, 1.165) is 0 Å². The topological polar surface area (TPSA) is 39.4 Å². The number of halogens is 2. The van der Waals surface area contributed by atoms with Crippen LogP contribution in [-0.4, -0.2) is 28.6 Å². The van der Waals surface area contributed by atoms with Crippen molar-refractivity contribution in [2.75, 3.05) is 13.2 Å². The Morgan fingerprint density at radius 1 is 1.55 bits per heavy atom. The molecule has 6 heteroatoms. The summed E-state index contributed by atoms with van der Waals surface area (Å²) in [5, 5.41) is 0.222. The lowest BCUT2D eigenvalue weighted by molar-refractivity contribution is 0.208. The van der Waals surface area contributed by atoms with E-state index in [2.05, 4.69) is 15.9 Å². The Bertz CT molecular complexity index is 647. The maximum absolute atomic E-state index is 13.0. The van der Waals surface area contributed by atoms with Crippen molar-refractivity contribution in [2.24, 2.45) is 4.99 Å². The van der Waals surface area contributed by atoms with Crippen molar-refractivity contribution in [3.63, 3.8) is 0 Å². The molecule has 0 aliphatic rings. The maximum atomic E-state index is 13.0. The van der Waals surface area contributed by atoms with Crippen molar-refractivity contribution in [3.8, 4) is 12.3 Å². The summed E-state index contributed by atoms with van der Waals surface area (Å²) < 4.78 is 20.0. The van der Waals surface area contributed by atoms with Crippen molar-refractivity contribution in [3.05, 3.63) is 47.8 Å².